The predicted molar refractivity (Wildman–Crippen MR) is 151 cm³/mol. The highest BCUT2D eigenvalue weighted by Crippen LogP contribution is 2.48. The first kappa shape index (κ1) is 27.9. The molecule has 1 aromatic carbocycles. The Morgan fingerprint density at radius 2 is 2.00 bits per heavy atom. The quantitative estimate of drug-likeness (QED) is 0.217. The molecule has 1 saturated carbocycles. The Balaban J connectivity index is 1.19. The molecule has 41 heavy (non-hydrogen) atoms. The number of aromatic nitrogens is 3. The third kappa shape index (κ3) is 6.02. The SMILES string of the molecule is Cc1cnc2c(c1)C1C(c3cccc(S(=O)(=O)C4CC4)c3)=CC=C(OCCCn3cnc(COP(=O)(O)O)c3)C1N2. The molecule has 3 N–H and O–H groups in total. The Kier molecular flexibility index (Phi) is 7.37. The number of imidazole rings is 1. The number of nitrogens with one attached hydrogen (secondary N) is 1. The molecule has 0 radical (unpaired) electrons. The second-order valence-electron chi connectivity index (χ2n) is 10.6. The average molecular weight is 599 g/mol. The number of phosphoric acid groups is 1. The van der Waals surface area contributed by atoms with E-state index in [-0.39, 0.29) is 23.8 Å². The number of phosphoric ester groups is 1. The molecule has 1 aliphatic heterocycles. The van der Waals surface area contributed by atoms with Gasteiger partial charge >= 0.3 is 7.82 Å². The number of ether oxygens (including phenoxy) is 1. The smallest absolute Gasteiger partial charge is 0.469 e. The number of hydrogen-bond donors (Lipinski definition) is 3. The second-order valence-corrected chi connectivity index (χ2v) is 14.0. The van der Waals surface area contributed by atoms with Crippen molar-refractivity contribution in [2.24, 2.45) is 0 Å². The van der Waals surface area contributed by atoms with Crippen LogP contribution in [0.1, 0.15) is 47.6 Å². The average Bonchev–Trinajstić information content (AvgIpc) is 3.60. The summed E-state index contributed by atoms with van der Waals surface area (Å²) >= 11 is 0. The molecule has 3 heterocycles. The lowest BCUT2D eigenvalue weighted by molar-refractivity contribution is 0.186. The van der Waals surface area contributed by atoms with Crippen molar-refractivity contribution in [3.63, 3.8) is 0 Å². The highest BCUT2D eigenvalue weighted by Gasteiger charge is 2.42. The summed E-state index contributed by atoms with van der Waals surface area (Å²) in [6.07, 6.45) is 11.2. The first-order chi connectivity index (χ1) is 19.6. The van der Waals surface area contributed by atoms with Gasteiger partial charge in [0.05, 0.1) is 34.8 Å². The van der Waals surface area contributed by atoms with Crippen LogP contribution in [0.15, 0.2) is 71.9 Å². The van der Waals surface area contributed by atoms with E-state index in [9.17, 15) is 13.0 Å². The van der Waals surface area contributed by atoms with Crippen LogP contribution >= 0.6 is 7.82 Å². The largest absolute Gasteiger partial charge is 0.496 e. The van der Waals surface area contributed by atoms with Crippen molar-refractivity contribution in [2.75, 3.05) is 11.9 Å². The van der Waals surface area contributed by atoms with E-state index in [1.165, 1.54) is 0 Å². The molecule has 1 fully saturated rings. The molecular formula is C28H31N4O7PS. The normalized spacial score (nSPS) is 20.1. The first-order valence-electron chi connectivity index (χ1n) is 13.4. The maximum atomic E-state index is 13.0. The van der Waals surface area contributed by atoms with Crippen molar-refractivity contribution in [2.45, 2.75) is 61.4 Å². The van der Waals surface area contributed by atoms with Crippen molar-refractivity contribution in [1.82, 2.24) is 14.5 Å². The Morgan fingerprint density at radius 3 is 2.78 bits per heavy atom. The first-order valence-corrected chi connectivity index (χ1v) is 16.5. The van der Waals surface area contributed by atoms with Crippen LogP contribution < -0.4 is 5.32 Å². The number of fused-ring (bicyclic) bond motifs is 3. The molecular weight excluding hydrogens is 567 g/mol. The molecule has 0 saturated heterocycles. The molecule has 0 amide bonds. The standard InChI is InChI=1S/C28H31N4O7PS/c1-18-12-24-26-23(19-4-2-5-22(13-19)41(36,37)21-6-7-21)8-9-25(27(26)31-28(24)29-14-18)38-11-3-10-32-15-20(30-17-32)16-39-40(33,34)35/h2,4-5,8-9,12-15,17,21,26-27H,3,6-7,10-11,16H2,1H3,(H,29,31)(H2,33,34,35). The molecule has 216 valence electrons. The lowest BCUT2D eigenvalue weighted by Gasteiger charge is -2.29. The molecule has 0 bridgehead atoms. The summed E-state index contributed by atoms with van der Waals surface area (Å²) in [6.45, 7) is 2.77. The topological polar surface area (TPSA) is 153 Å². The third-order valence-corrected chi connectivity index (χ3v) is 10.2. The van der Waals surface area contributed by atoms with Gasteiger partial charge in [0.25, 0.3) is 0 Å². The minimum atomic E-state index is -4.55. The summed E-state index contributed by atoms with van der Waals surface area (Å²) in [5, 5.41) is 3.25. The van der Waals surface area contributed by atoms with Gasteiger partial charge in [0, 0.05) is 30.4 Å². The number of hydrogen-bond acceptors (Lipinski definition) is 8. The maximum Gasteiger partial charge on any atom is 0.469 e. The Labute approximate surface area is 238 Å². The van der Waals surface area contributed by atoms with Crippen LogP contribution in [0.5, 0.6) is 0 Å². The second kappa shape index (κ2) is 10.8. The lowest BCUT2D eigenvalue weighted by Crippen LogP contribution is -2.28. The fraction of sp³-hybridized carbons (Fsp3) is 0.357. The number of anilines is 1. The molecule has 2 aliphatic carbocycles. The Hall–Kier alpha value is -3.28. The Morgan fingerprint density at radius 1 is 1.17 bits per heavy atom. The minimum absolute atomic E-state index is 0.0958. The van der Waals surface area contributed by atoms with Gasteiger partial charge in [-0.25, -0.2) is 23.0 Å². The van der Waals surface area contributed by atoms with Crippen molar-refractivity contribution in [1.29, 1.82) is 0 Å². The van der Waals surface area contributed by atoms with Gasteiger partial charge in [0.15, 0.2) is 9.84 Å². The van der Waals surface area contributed by atoms with E-state index in [1.54, 1.807) is 24.7 Å². The van der Waals surface area contributed by atoms with Crippen LogP contribution in [0, 0.1) is 6.92 Å². The van der Waals surface area contributed by atoms with E-state index in [0.29, 0.717) is 30.2 Å². The summed E-state index contributed by atoms with van der Waals surface area (Å²) in [6, 6.07) is 9.18. The lowest BCUT2D eigenvalue weighted by atomic mass is 9.80. The van der Waals surface area contributed by atoms with Gasteiger partial charge in [-0.3, -0.25) is 4.52 Å². The van der Waals surface area contributed by atoms with Crippen molar-refractivity contribution in [3.05, 3.63) is 89.3 Å². The van der Waals surface area contributed by atoms with Crippen molar-refractivity contribution >= 4 is 29.1 Å². The molecule has 2 atom stereocenters. The van der Waals surface area contributed by atoms with E-state index in [2.05, 4.69) is 25.9 Å². The zero-order valence-corrected chi connectivity index (χ0v) is 24.1. The van der Waals surface area contributed by atoms with Crippen LogP contribution in [-0.4, -0.2) is 50.6 Å². The zero-order chi connectivity index (χ0) is 28.8. The van der Waals surface area contributed by atoms with E-state index in [0.717, 1.165) is 46.7 Å². The van der Waals surface area contributed by atoms with E-state index in [4.69, 9.17) is 14.5 Å². The number of allylic oxidation sites excluding steroid dienone is 2. The summed E-state index contributed by atoms with van der Waals surface area (Å²) in [4.78, 5) is 26.8. The van der Waals surface area contributed by atoms with E-state index in [1.807, 2.05) is 42.0 Å². The van der Waals surface area contributed by atoms with Crippen LogP contribution in [0.25, 0.3) is 5.57 Å². The molecule has 2 unspecified atom stereocenters. The predicted octanol–water partition coefficient (Wildman–Crippen LogP) is 4.10. The van der Waals surface area contributed by atoms with Crippen molar-refractivity contribution < 1.29 is 32.0 Å². The molecule has 13 heteroatoms. The van der Waals surface area contributed by atoms with Crippen LogP contribution in [0.2, 0.25) is 0 Å². The molecule has 3 aromatic rings. The van der Waals surface area contributed by atoms with Crippen molar-refractivity contribution in [3.8, 4) is 0 Å². The summed E-state index contributed by atoms with van der Waals surface area (Å²) < 4.78 is 49.4. The minimum Gasteiger partial charge on any atom is -0.496 e. The molecule has 2 aromatic heterocycles. The highest BCUT2D eigenvalue weighted by atomic mass is 32.2. The van der Waals surface area contributed by atoms with E-state index >= 15 is 0 Å². The van der Waals surface area contributed by atoms with Gasteiger partial charge < -0.3 is 24.4 Å². The molecule has 3 aliphatic rings. The number of rotatable bonds is 11. The summed E-state index contributed by atoms with van der Waals surface area (Å²) in [7, 11) is -7.87. The van der Waals surface area contributed by atoms with Gasteiger partial charge in [-0.2, -0.15) is 0 Å². The van der Waals surface area contributed by atoms with Crippen LogP contribution in [-0.2, 0) is 36.8 Å². The molecule has 11 nitrogen and oxygen atoms in total. The number of pyridine rings is 1. The highest BCUT2D eigenvalue weighted by molar-refractivity contribution is 7.92. The number of sulfone groups is 1. The van der Waals surface area contributed by atoms with E-state index < -0.39 is 17.7 Å². The number of benzene rings is 1. The number of aryl methyl sites for hydroxylation is 2. The fourth-order valence-electron chi connectivity index (χ4n) is 5.35. The molecule has 6 rings (SSSR count). The maximum absolute atomic E-state index is 13.0. The summed E-state index contributed by atoms with van der Waals surface area (Å²) in [5.74, 6) is 1.47. The monoisotopic (exact) mass is 598 g/mol. The zero-order valence-electron chi connectivity index (χ0n) is 22.4. The van der Waals surface area contributed by atoms with Gasteiger partial charge in [-0.1, -0.05) is 24.3 Å². The van der Waals surface area contributed by atoms with Gasteiger partial charge in [-0.15, -0.1) is 0 Å². The van der Waals surface area contributed by atoms with Crippen LogP contribution in [0.4, 0.5) is 5.82 Å². The van der Waals surface area contributed by atoms with Crippen LogP contribution in [0.3, 0.4) is 0 Å². The van der Waals surface area contributed by atoms with Gasteiger partial charge in [0.2, 0.25) is 0 Å². The van der Waals surface area contributed by atoms with Gasteiger partial charge in [0.1, 0.15) is 18.2 Å². The number of nitrogens with zero attached hydrogens (tertiary/aromatic N) is 3. The summed E-state index contributed by atoms with van der Waals surface area (Å²) in [5.41, 5.74) is 4.39. The Bertz CT molecular complexity index is 1690. The molecule has 0 spiro atoms. The fourth-order valence-corrected chi connectivity index (χ4v) is 7.35. The third-order valence-electron chi connectivity index (χ3n) is 7.44. The van der Waals surface area contributed by atoms with Gasteiger partial charge in [-0.05, 0) is 61.1 Å².